The summed E-state index contributed by atoms with van der Waals surface area (Å²) in [4.78, 5) is 35.5. The van der Waals surface area contributed by atoms with E-state index in [1.165, 1.54) is 257 Å². The maximum absolute atomic E-state index is 12.8. The Bertz CT molecular complexity index is 1930. The Balaban J connectivity index is 3.83. The van der Waals surface area contributed by atoms with Gasteiger partial charge in [-0.2, -0.15) is 0 Å². The zero-order chi connectivity index (χ0) is 68.6. The summed E-state index contributed by atoms with van der Waals surface area (Å²) in [6.07, 6.45) is 111. The molecule has 0 amide bonds. The fraction of sp³-hybridized carbons (Fsp3) is 0.765. The van der Waals surface area contributed by atoms with Gasteiger partial charge in [-0.05, 0) is 83.5 Å². The Morgan fingerprint density at radius 2 is 0.579 bits per heavy atom. The van der Waals surface area contributed by atoms with Crippen molar-refractivity contribution in [3.63, 3.8) is 0 Å². The van der Waals surface area contributed by atoms with E-state index in [2.05, 4.69) is 123 Å². The highest BCUT2D eigenvalue weighted by atomic mass is 31.2. The number of allylic oxidation sites excluding steroid dienone is 18. The number of carbonyl (C=O) groups excluding carboxylic acids is 2. The molecule has 0 bridgehead atoms. The minimum Gasteiger partial charge on any atom is -0.462 e. The van der Waals surface area contributed by atoms with Gasteiger partial charge in [0.05, 0.1) is 13.2 Å². The van der Waals surface area contributed by atoms with Crippen LogP contribution in [-0.4, -0.2) is 49.3 Å². The van der Waals surface area contributed by atoms with Gasteiger partial charge in [-0.15, -0.1) is 0 Å². The molecule has 2 atom stereocenters. The van der Waals surface area contributed by atoms with Crippen molar-refractivity contribution in [1.29, 1.82) is 0 Å². The maximum atomic E-state index is 12.8. The average Bonchev–Trinajstić information content (AvgIpc) is 2.75. The summed E-state index contributed by atoms with van der Waals surface area (Å²) < 4.78 is 33.3. The zero-order valence-corrected chi connectivity index (χ0v) is 63.0. The lowest BCUT2D eigenvalue weighted by atomic mass is 10.0. The second-order valence-electron chi connectivity index (χ2n) is 26.9. The van der Waals surface area contributed by atoms with Gasteiger partial charge >= 0.3 is 19.8 Å². The third-order valence-corrected chi connectivity index (χ3v) is 18.7. The number of hydrogen-bond donors (Lipinski definition) is 2. The molecule has 0 fully saturated rings. The number of esters is 2. The highest BCUT2D eigenvalue weighted by Gasteiger charge is 2.26. The number of unbranched alkanes of at least 4 members (excludes halogenated alkanes) is 45. The lowest BCUT2D eigenvalue weighted by Gasteiger charge is -2.19. The highest BCUT2D eigenvalue weighted by molar-refractivity contribution is 7.47. The molecule has 0 spiro atoms. The summed E-state index contributed by atoms with van der Waals surface area (Å²) >= 11 is 0. The van der Waals surface area contributed by atoms with Crippen LogP contribution in [0.4, 0.5) is 0 Å². The molecule has 9 nitrogen and oxygen atoms in total. The molecule has 0 saturated heterocycles. The van der Waals surface area contributed by atoms with Gasteiger partial charge in [0, 0.05) is 19.4 Å². The molecule has 0 heterocycles. The van der Waals surface area contributed by atoms with Crippen molar-refractivity contribution < 1.29 is 37.6 Å². The minimum atomic E-state index is -4.40. The molecule has 0 aromatic heterocycles. The molecule has 10 heteroatoms. The SMILES string of the molecule is CC/C=C\C/C=C\C/C=C\C/C=C\C/C=C\C/C=C\C/C=C\C/C=C\C/C=C\CCCCCCCCCCCCCCCC(=O)OC(COC(=O)CCCCCCCCCCCCCCCCCCCCCCCCCCCCCCCCCCC)COP(=O)(O)OCCN. The Morgan fingerprint density at radius 1 is 0.326 bits per heavy atom. The van der Waals surface area contributed by atoms with E-state index < -0.39 is 26.5 Å². The van der Waals surface area contributed by atoms with Crippen LogP contribution in [0.25, 0.3) is 0 Å². The smallest absolute Gasteiger partial charge is 0.462 e. The van der Waals surface area contributed by atoms with E-state index in [0.717, 1.165) is 96.3 Å². The van der Waals surface area contributed by atoms with Crippen LogP contribution in [0.5, 0.6) is 0 Å². The van der Waals surface area contributed by atoms with Crippen molar-refractivity contribution in [1.82, 2.24) is 0 Å². The van der Waals surface area contributed by atoms with Gasteiger partial charge in [0.25, 0.3) is 0 Å². The van der Waals surface area contributed by atoms with Gasteiger partial charge in [0.2, 0.25) is 0 Å². The summed E-state index contributed by atoms with van der Waals surface area (Å²) in [6.45, 7) is 3.69. The summed E-state index contributed by atoms with van der Waals surface area (Å²) in [6, 6.07) is 0. The fourth-order valence-electron chi connectivity index (χ4n) is 11.8. The molecule has 0 aliphatic carbocycles. The molecule has 0 rings (SSSR count). The predicted molar refractivity (Wildman–Crippen MR) is 413 cm³/mol. The summed E-state index contributed by atoms with van der Waals surface area (Å²) in [5, 5.41) is 0. The van der Waals surface area contributed by atoms with E-state index in [1.807, 2.05) is 0 Å². The molecule has 0 aliphatic rings. The molecule has 550 valence electrons. The molecule has 2 unspecified atom stereocenters. The molecule has 95 heavy (non-hydrogen) atoms. The predicted octanol–water partition coefficient (Wildman–Crippen LogP) is 27.2. The standard InChI is InChI=1S/C85H152NO8P/c1-3-5-7-9-11-13-15-17-19-21-23-25-27-29-31-33-35-37-38-39-40-41-42-43-44-46-48-50-52-54-56-58-60-62-64-66-68-70-72-74-76-78-85(88)94-83(82-93-95(89,90)92-80-79-86)81-91-84(87)77-75-73-71-69-67-65-63-61-59-57-55-53-51-49-47-45-36-34-32-30-28-26-24-22-20-18-16-14-12-10-8-6-4-2/h5,7,11,13,17,19,23,25,29,31,35,37,39-40,42-43,46,48,83H,3-4,6,8-10,12,14-16,18,20-22,24,26-28,30,32-34,36,38,41,44-45,47,49-82,86H2,1-2H3,(H,89,90)/b7-5-,13-11-,19-17-,25-23-,31-29-,37-35-,40-39-,43-42-,48-46-. The van der Waals surface area contributed by atoms with Crippen LogP contribution in [0.1, 0.15) is 386 Å². The van der Waals surface area contributed by atoms with Crippen molar-refractivity contribution in [3.8, 4) is 0 Å². The Morgan fingerprint density at radius 3 is 0.863 bits per heavy atom. The van der Waals surface area contributed by atoms with E-state index in [0.29, 0.717) is 6.42 Å². The topological polar surface area (TPSA) is 134 Å². The van der Waals surface area contributed by atoms with E-state index in [4.69, 9.17) is 24.3 Å². The van der Waals surface area contributed by atoms with Gasteiger partial charge in [-0.25, -0.2) is 4.57 Å². The minimum absolute atomic E-state index is 0.0517. The van der Waals surface area contributed by atoms with Gasteiger partial charge in [-0.3, -0.25) is 18.6 Å². The first-order chi connectivity index (χ1) is 46.8. The Hall–Kier alpha value is -3.33. The Labute approximate surface area is 588 Å². The normalized spacial score (nSPS) is 13.4. The van der Waals surface area contributed by atoms with Gasteiger partial charge < -0.3 is 20.1 Å². The summed E-state index contributed by atoms with van der Waals surface area (Å²) in [5.41, 5.74) is 5.42. The van der Waals surface area contributed by atoms with E-state index in [9.17, 15) is 19.0 Å². The molecule has 0 aromatic rings. The van der Waals surface area contributed by atoms with Crippen LogP contribution in [0.15, 0.2) is 109 Å². The summed E-state index contributed by atoms with van der Waals surface area (Å²) in [5.74, 6) is -0.814. The highest BCUT2D eigenvalue weighted by Crippen LogP contribution is 2.43. The van der Waals surface area contributed by atoms with E-state index in [-0.39, 0.29) is 38.6 Å². The lowest BCUT2D eigenvalue weighted by molar-refractivity contribution is -0.161. The molecule has 0 aliphatic heterocycles. The largest absolute Gasteiger partial charge is 0.472 e. The zero-order valence-electron chi connectivity index (χ0n) is 62.1. The monoisotopic (exact) mass is 1350 g/mol. The third-order valence-electron chi connectivity index (χ3n) is 17.7. The average molecular weight is 1350 g/mol. The van der Waals surface area contributed by atoms with Crippen LogP contribution in [0.3, 0.4) is 0 Å². The number of ether oxygens (including phenoxy) is 2. The van der Waals surface area contributed by atoms with Crippen LogP contribution >= 0.6 is 7.82 Å². The van der Waals surface area contributed by atoms with Crippen LogP contribution in [-0.2, 0) is 32.7 Å². The molecular formula is C85H152NO8P. The van der Waals surface area contributed by atoms with Crippen molar-refractivity contribution in [2.24, 2.45) is 5.73 Å². The quantitative estimate of drug-likeness (QED) is 0.0264. The number of carbonyl (C=O) groups is 2. The van der Waals surface area contributed by atoms with Crippen molar-refractivity contribution >= 4 is 19.8 Å². The Kier molecular flexibility index (Phi) is 76.9. The number of rotatable bonds is 76. The van der Waals surface area contributed by atoms with Crippen molar-refractivity contribution in [3.05, 3.63) is 109 Å². The molecule has 0 saturated carbocycles. The van der Waals surface area contributed by atoms with Gasteiger partial charge in [-0.1, -0.05) is 399 Å². The first-order valence-electron chi connectivity index (χ1n) is 40.4. The van der Waals surface area contributed by atoms with Gasteiger partial charge in [0.1, 0.15) is 6.61 Å². The fourth-order valence-corrected chi connectivity index (χ4v) is 12.5. The van der Waals surface area contributed by atoms with Crippen LogP contribution in [0.2, 0.25) is 0 Å². The second kappa shape index (κ2) is 79.7. The van der Waals surface area contributed by atoms with Crippen molar-refractivity contribution in [2.75, 3.05) is 26.4 Å². The third kappa shape index (κ3) is 79.5. The van der Waals surface area contributed by atoms with E-state index >= 15 is 0 Å². The number of nitrogens with two attached hydrogens (primary N) is 1. The molecule has 3 N–H and O–H groups in total. The first kappa shape index (κ1) is 91.7. The number of phosphoric ester groups is 1. The number of phosphoric acid groups is 1. The first-order valence-corrected chi connectivity index (χ1v) is 41.9. The van der Waals surface area contributed by atoms with Crippen LogP contribution in [0, 0.1) is 0 Å². The van der Waals surface area contributed by atoms with Gasteiger partial charge in [0.15, 0.2) is 6.10 Å². The lowest BCUT2D eigenvalue weighted by Crippen LogP contribution is -2.29. The maximum Gasteiger partial charge on any atom is 0.472 e. The molecule has 0 aromatic carbocycles. The second-order valence-corrected chi connectivity index (χ2v) is 28.4. The van der Waals surface area contributed by atoms with Crippen molar-refractivity contribution in [2.45, 2.75) is 392 Å². The van der Waals surface area contributed by atoms with Crippen LogP contribution < -0.4 is 5.73 Å². The molecule has 0 radical (unpaired) electrons. The summed E-state index contributed by atoms with van der Waals surface area (Å²) in [7, 11) is -4.40. The number of hydrogen-bond acceptors (Lipinski definition) is 8. The van der Waals surface area contributed by atoms with E-state index in [1.54, 1.807) is 0 Å². The molecular weight excluding hydrogens is 1190 g/mol.